The van der Waals surface area contributed by atoms with E-state index in [2.05, 4.69) is 0 Å². The van der Waals surface area contributed by atoms with E-state index in [-0.39, 0.29) is 12.4 Å². The van der Waals surface area contributed by atoms with Crippen molar-refractivity contribution in [3.8, 4) is 0 Å². The summed E-state index contributed by atoms with van der Waals surface area (Å²) in [5.41, 5.74) is 2.72. The Balaban J connectivity index is 2.99. The number of ether oxygens (including phenoxy) is 2. The molecule has 0 saturated heterocycles. The van der Waals surface area contributed by atoms with Crippen LogP contribution in [0.4, 0.5) is 0 Å². The third kappa shape index (κ3) is 3.15. The van der Waals surface area contributed by atoms with Gasteiger partial charge in [-0.15, -0.1) is 0 Å². The lowest BCUT2D eigenvalue weighted by atomic mass is 10.0. The second-order valence-electron chi connectivity index (χ2n) is 3.45. The van der Waals surface area contributed by atoms with E-state index in [1.165, 1.54) is 7.11 Å². The summed E-state index contributed by atoms with van der Waals surface area (Å²) in [6, 6.07) is 5.71. The van der Waals surface area contributed by atoms with E-state index in [1.54, 1.807) is 7.11 Å². The predicted molar refractivity (Wildman–Crippen MR) is 58.1 cm³/mol. The van der Waals surface area contributed by atoms with Crippen molar-refractivity contribution in [2.45, 2.75) is 13.5 Å². The molecule has 0 atom stereocenters. The van der Waals surface area contributed by atoms with E-state index in [1.807, 2.05) is 25.1 Å². The van der Waals surface area contributed by atoms with E-state index >= 15 is 0 Å². The largest absolute Gasteiger partial charge is 0.380 e. The number of Topliss-reactive ketones (excluding diaryl/α,β-unsaturated/α-hetero) is 1. The summed E-state index contributed by atoms with van der Waals surface area (Å²) in [7, 11) is 3.13. The van der Waals surface area contributed by atoms with Gasteiger partial charge in [-0.3, -0.25) is 4.79 Å². The summed E-state index contributed by atoms with van der Waals surface area (Å²) in [4.78, 5) is 11.7. The Morgan fingerprint density at radius 3 is 2.60 bits per heavy atom. The lowest BCUT2D eigenvalue weighted by Gasteiger charge is -2.08. The average molecular weight is 208 g/mol. The number of aryl methyl sites for hydroxylation is 1. The van der Waals surface area contributed by atoms with Crippen molar-refractivity contribution >= 4 is 5.78 Å². The zero-order valence-corrected chi connectivity index (χ0v) is 9.37. The quantitative estimate of drug-likeness (QED) is 0.694. The number of methoxy groups -OCH3 is 2. The van der Waals surface area contributed by atoms with Crippen molar-refractivity contribution in [1.29, 1.82) is 0 Å². The third-order valence-corrected chi connectivity index (χ3v) is 2.14. The van der Waals surface area contributed by atoms with Gasteiger partial charge in [0.25, 0.3) is 0 Å². The molecule has 0 heterocycles. The molecule has 3 nitrogen and oxygen atoms in total. The van der Waals surface area contributed by atoms with Crippen molar-refractivity contribution in [3.63, 3.8) is 0 Å². The summed E-state index contributed by atoms with van der Waals surface area (Å²) in [6.07, 6.45) is 0. The minimum Gasteiger partial charge on any atom is -0.380 e. The van der Waals surface area contributed by atoms with Gasteiger partial charge in [-0.25, -0.2) is 0 Å². The minimum absolute atomic E-state index is 0.00968. The second kappa shape index (κ2) is 5.63. The van der Waals surface area contributed by atoms with Gasteiger partial charge >= 0.3 is 0 Å². The summed E-state index contributed by atoms with van der Waals surface area (Å²) >= 11 is 0. The molecule has 1 rings (SSSR count). The van der Waals surface area contributed by atoms with Gasteiger partial charge in [0.15, 0.2) is 5.78 Å². The molecule has 3 heteroatoms. The molecule has 0 amide bonds. The van der Waals surface area contributed by atoms with Crippen LogP contribution in [0, 0.1) is 6.92 Å². The van der Waals surface area contributed by atoms with Gasteiger partial charge in [-0.05, 0) is 12.5 Å². The third-order valence-electron chi connectivity index (χ3n) is 2.14. The van der Waals surface area contributed by atoms with E-state index in [0.29, 0.717) is 12.2 Å². The molecule has 0 bridgehead atoms. The first kappa shape index (κ1) is 11.9. The van der Waals surface area contributed by atoms with Crippen LogP contribution in [0.1, 0.15) is 21.5 Å². The van der Waals surface area contributed by atoms with Crippen molar-refractivity contribution in [2.75, 3.05) is 20.8 Å². The van der Waals surface area contributed by atoms with Crippen LogP contribution in [0.15, 0.2) is 18.2 Å². The van der Waals surface area contributed by atoms with Crippen molar-refractivity contribution < 1.29 is 14.3 Å². The smallest absolute Gasteiger partial charge is 0.188 e. The number of rotatable bonds is 5. The van der Waals surface area contributed by atoms with Crippen LogP contribution in [0.25, 0.3) is 0 Å². The van der Waals surface area contributed by atoms with Gasteiger partial charge in [0.05, 0.1) is 6.61 Å². The topological polar surface area (TPSA) is 35.5 Å². The number of carbonyl (C=O) groups is 1. The Bertz CT molecular complexity index is 345. The number of carbonyl (C=O) groups excluding carboxylic acids is 1. The molecule has 0 fully saturated rings. The SMILES string of the molecule is COCC(=O)c1ccc(C)cc1COC. The fourth-order valence-corrected chi connectivity index (χ4v) is 1.48. The fourth-order valence-electron chi connectivity index (χ4n) is 1.48. The maximum absolute atomic E-state index is 11.7. The number of hydrogen-bond acceptors (Lipinski definition) is 3. The molecule has 0 saturated carbocycles. The van der Waals surface area contributed by atoms with Crippen LogP contribution in [0.3, 0.4) is 0 Å². The first-order valence-corrected chi connectivity index (χ1v) is 4.79. The molecular formula is C12H16O3. The Morgan fingerprint density at radius 2 is 2.00 bits per heavy atom. The predicted octanol–water partition coefficient (Wildman–Crippen LogP) is 1.97. The zero-order chi connectivity index (χ0) is 11.3. The maximum atomic E-state index is 11.7. The van der Waals surface area contributed by atoms with Gasteiger partial charge in [0.2, 0.25) is 0 Å². The number of benzene rings is 1. The van der Waals surface area contributed by atoms with Crippen LogP contribution in [0.2, 0.25) is 0 Å². The summed E-state index contributed by atoms with van der Waals surface area (Å²) in [5.74, 6) is -0.00968. The van der Waals surface area contributed by atoms with Gasteiger partial charge in [0, 0.05) is 19.8 Å². The highest BCUT2D eigenvalue weighted by Crippen LogP contribution is 2.13. The molecular weight excluding hydrogens is 192 g/mol. The molecule has 15 heavy (non-hydrogen) atoms. The maximum Gasteiger partial charge on any atom is 0.188 e. The average Bonchev–Trinajstić information content (AvgIpc) is 2.18. The van der Waals surface area contributed by atoms with Gasteiger partial charge in [-0.1, -0.05) is 23.8 Å². The molecule has 0 aromatic heterocycles. The monoisotopic (exact) mass is 208 g/mol. The molecule has 82 valence electrons. The number of hydrogen-bond donors (Lipinski definition) is 0. The Kier molecular flexibility index (Phi) is 4.46. The lowest BCUT2D eigenvalue weighted by Crippen LogP contribution is -2.10. The molecule has 0 spiro atoms. The van der Waals surface area contributed by atoms with Crippen molar-refractivity contribution in [3.05, 3.63) is 34.9 Å². The van der Waals surface area contributed by atoms with Gasteiger partial charge in [0.1, 0.15) is 6.61 Å². The standard InChI is InChI=1S/C12H16O3/c1-9-4-5-11(12(13)8-15-3)10(6-9)7-14-2/h4-6H,7-8H2,1-3H3. The molecule has 0 N–H and O–H groups in total. The highest BCUT2D eigenvalue weighted by Gasteiger charge is 2.10. The van der Waals surface area contributed by atoms with Crippen molar-refractivity contribution in [2.24, 2.45) is 0 Å². The first-order chi connectivity index (χ1) is 7.19. The minimum atomic E-state index is -0.00968. The van der Waals surface area contributed by atoms with Gasteiger partial charge < -0.3 is 9.47 Å². The van der Waals surface area contributed by atoms with Crippen LogP contribution >= 0.6 is 0 Å². The summed E-state index contributed by atoms with van der Waals surface area (Å²) < 4.78 is 9.89. The molecule has 1 aromatic carbocycles. The Hall–Kier alpha value is -1.19. The molecule has 0 unspecified atom stereocenters. The van der Waals surface area contributed by atoms with Crippen LogP contribution in [0.5, 0.6) is 0 Å². The zero-order valence-electron chi connectivity index (χ0n) is 9.37. The van der Waals surface area contributed by atoms with Crippen LogP contribution in [-0.4, -0.2) is 26.6 Å². The Labute approximate surface area is 90.0 Å². The van der Waals surface area contributed by atoms with E-state index < -0.39 is 0 Å². The van der Waals surface area contributed by atoms with E-state index in [9.17, 15) is 4.79 Å². The molecule has 1 aromatic rings. The van der Waals surface area contributed by atoms with Crippen molar-refractivity contribution in [1.82, 2.24) is 0 Å². The van der Waals surface area contributed by atoms with Gasteiger partial charge in [-0.2, -0.15) is 0 Å². The Morgan fingerprint density at radius 1 is 1.27 bits per heavy atom. The normalized spacial score (nSPS) is 10.3. The molecule has 0 aliphatic rings. The number of ketones is 1. The lowest BCUT2D eigenvalue weighted by molar-refractivity contribution is 0.0843. The highest BCUT2D eigenvalue weighted by molar-refractivity contribution is 5.98. The summed E-state index contributed by atoms with van der Waals surface area (Å²) in [6.45, 7) is 2.55. The van der Waals surface area contributed by atoms with Crippen LogP contribution in [-0.2, 0) is 16.1 Å². The molecule has 0 radical (unpaired) electrons. The van der Waals surface area contributed by atoms with Crippen LogP contribution < -0.4 is 0 Å². The second-order valence-corrected chi connectivity index (χ2v) is 3.45. The highest BCUT2D eigenvalue weighted by atomic mass is 16.5. The molecule has 0 aliphatic carbocycles. The first-order valence-electron chi connectivity index (χ1n) is 4.79. The summed E-state index contributed by atoms with van der Waals surface area (Å²) in [5, 5.41) is 0. The van der Waals surface area contributed by atoms with E-state index in [4.69, 9.17) is 9.47 Å². The molecule has 0 aliphatic heterocycles. The fraction of sp³-hybridized carbons (Fsp3) is 0.417. The van der Waals surface area contributed by atoms with E-state index in [0.717, 1.165) is 11.1 Å².